The van der Waals surface area contributed by atoms with E-state index in [1.165, 1.54) is 16.8 Å². The highest BCUT2D eigenvalue weighted by Gasteiger charge is 2.05. The van der Waals surface area contributed by atoms with Crippen LogP contribution in [-0.4, -0.2) is 4.57 Å². The average molecular weight is 213 g/mol. The molecule has 0 aliphatic heterocycles. The zero-order valence-electron chi connectivity index (χ0n) is 10.1. The van der Waals surface area contributed by atoms with Gasteiger partial charge in [-0.05, 0) is 30.0 Å². The van der Waals surface area contributed by atoms with E-state index in [1.807, 2.05) is 0 Å². The number of hydrogen-bond donors (Lipinski definition) is 0. The minimum Gasteiger partial charge on any atom is -0.347 e. The molecule has 0 N–H and O–H groups in total. The van der Waals surface area contributed by atoms with Gasteiger partial charge in [0.15, 0.2) is 0 Å². The van der Waals surface area contributed by atoms with Crippen molar-refractivity contribution < 1.29 is 0 Å². The van der Waals surface area contributed by atoms with Gasteiger partial charge in [-0.1, -0.05) is 44.2 Å². The number of aryl methyl sites for hydroxylation is 1. The van der Waals surface area contributed by atoms with E-state index < -0.39 is 0 Å². The predicted molar refractivity (Wildman–Crippen MR) is 68.7 cm³/mol. The standard InChI is InChI=1S/C15H19N/c1-3-14-10-11-16(15(14)4-2)12-13-8-6-5-7-9-13/h5-11H,3-4,12H2,1-2H3. The third-order valence-corrected chi connectivity index (χ3v) is 3.08. The third-order valence-electron chi connectivity index (χ3n) is 3.08. The second-order valence-electron chi connectivity index (χ2n) is 4.11. The van der Waals surface area contributed by atoms with Crippen LogP contribution in [0.1, 0.15) is 30.7 Å². The van der Waals surface area contributed by atoms with Crippen LogP contribution in [0.5, 0.6) is 0 Å². The Hall–Kier alpha value is -1.50. The molecule has 0 fully saturated rings. The van der Waals surface area contributed by atoms with Gasteiger partial charge in [-0.15, -0.1) is 0 Å². The molecule has 0 bridgehead atoms. The zero-order valence-corrected chi connectivity index (χ0v) is 10.1. The molecule has 0 saturated heterocycles. The minimum absolute atomic E-state index is 0.990. The smallest absolute Gasteiger partial charge is 0.0472 e. The summed E-state index contributed by atoms with van der Waals surface area (Å²) in [5.74, 6) is 0. The molecule has 16 heavy (non-hydrogen) atoms. The first kappa shape index (κ1) is 11.0. The summed E-state index contributed by atoms with van der Waals surface area (Å²) in [5, 5.41) is 0. The molecule has 0 unspecified atom stereocenters. The van der Waals surface area contributed by atoms with Crippen LogP contribution in [0.3, 0.4) is 0 Å². The van der Waals surface area contributed by atoms with Crippen molar-refractivity contribution in [1.29, 1.82) is 0 Å². The van der Waals surface area contributed by atoms with Crippen LogP contribution in [0, 0.1) is 0 Å². The third kappa shape index (κ3) is 2.19. The molecule has 0 radical (unpaired) electrons. The van der Waals surface area contributed by atoms with Gasteiger partial charge >= 0.3 is 0 Å². The summed E-state index contributed by atoms with van der Waals surface area (Å²) in [7, 11) is 0. The van der Waals surface area contributed by atoms with Gasteiger partial charge in [0.2, 0.25) is 0 Å². The molecular weight excluding hydrogens is 194 g/mol. The van der Waals surface area contributed by atoms with Gasteiger partial charge in [-0.2, -0.15) is 0 Å². The van der Waals surface area contributed by atoms with Crippen LogP contribution in [0.15, 0.2) is 42.6 Å². The molecule has 1 heterocycles. The second kappa shape index (κ2) is 5.02. The quantitative estimate of drug-likeness (QED) is 0.730. The maximum atomic E-state index is 2.37. The second-order valence-corrected chi connectivity index (χ2v) is 4.11. The molecule has 0 aliphatic rings. The number of rotatable bonds is 4. The zero-order chi connectivity index (χ0) is 11.4. The van der Waals surface area contributed by atoms with Gasteiger partial charge in [-0.25, -0.2) is 0 Å². The Balaban J connectivity index is 2.25. The van der Waals surface area contributed by atoms with E-state index in [0.717, 1.165) is 19.4 Å². The monoisotopic (exact) mass is 213 g/mol. The number of benzene rings is 1. The molecule has 1 aromatic heterocycles. The van der Waals surface area contributed by atoms with Crippen molar-refractivity contribution in [1.82, 2.24) is 4.57 Å². The highest BCUT2D eigenvalue weighted by Crippen LogP contribution is 2.14. The number of aromatic nitrogens is 1. The average Bonchev–Trinajstić information content (AvgIpc) is 2.72. The van der Waals surface area contributed by atoms with Crippen molar-refractivity contribution >= 4 is 0 Å². The highest BCUT2D eigenvalue weighted by atomic mass is 15.0. The minimum atomic E-state index is 0.990. The van der Waals surface area contributed by atoms with E-state index in [1.54, 1.807) is 0 Å². The van der Waals surface area contributed by atoms with Gasteiger partial charge in [0.25, 0.3) is 0 Å². The van der Waals surface area contributed by atoms with Crippen molar-refractivity contribution in [3.05, 3.63) is 59.4 Å². The van der Waals surface area contributed by atoms with Crippen LogP contribution in [0.4, 0.5) is 0 Å². The Bertz CT molecular complexity index is 440. The van der Waals surface area contributed by atoms with Crippen LogP contribution in [0.2, 0.25) is 0 Å². The molecule has 84 valence electrons. The van der Waals surface area contributed by atoms with E-state index in [0.29, 0.717) is 0 Å². The molecule has 0 aliphatic carbocycles. The molecule has 2 rings (SSSR count). The van der Waals surface area contributed by atoms with Crippen LogP contribution in [0.25, 0.3) is 0 Å². The summed E-state index contributed by atoms with van der Waals surface area (Å²) in [6, 6.07) is 12.9. The fourth-order valence-electron chi connectivity index (χ4n) is 2.23. The van der Waals surface area contributed by atoms with E-state index in [4.69, 9.17) is 0 Å². The largest absolute Gasteiger partial charge is 0.347 e. The van der Waals surface area contributed by atoms with Crippen LogP contribution in [-0.2, 0) is 19.4 Å². The van der Waals surface area contributed by atoms with Crippen molar-refractivity contribution in [2.75, 3.05) is 0 Å². The first-order valence-electron chi connectivity index (χ1n) is 6.06. The van der Waals surface area contributed by atoms with Crippen molar-refractivity contribution in [2.45, 2.75) is 33.2 Å². The molecule has 0 saturated carbocycles. The molecule has 2 aromatic rings. The number of nitrogens with zero attached hydrogens (tertiary/aromatic N) is 1. The van der Waals surface area contributed by atoms with E-state index in [9.17, 15) is 0 Å². The van der Waals surface area contributed by atoms with Gasteiger partial charge in [0.05, 0.1) is 0 Å². The Morgan fingerprint density at radius 3 is 2.31 bits per heavy atom. The van der Waals surface area contributed by atoms with Gasteiger partial charge < -0.3 is 4.57 Å². The first-order valence-corrected chi connectivity index (χ1v) is 6.06. The van der Waals surface area contributed by atoms with Gasteiger partial charge in [-0.3, -0.25) is 0 Å². The lowest BCUT2D eigenvalue weighted by Gasteiger charge is -2.09. The summed E-state index contributed by atoms with van der Waals surface area (Å²) in [4.78, 5) is 0. The highest BCUT2D eigenvalue weighted by molar-refractivity contribution is 5.24. The summed E-state index contributed by atoms with van der Waals surface area (Å²) in [6.07, 6.45) is 4.46. The topological polar surface area (TPSA) is 4.93 Å². The lowest BCUT2D eigenvalue weighted by Crippen LogP contribution is -2.03. The fraction of sp³-hybridized carbons (Fsp3) is 0.333. The van der Waals surface area contributed by atoms with Gasteiger partial charge in [0, 0.05) is 18.4 Å². The molecule has 0 amide bonds. The Labute approximate surface area is 97.7 Å². The van der Waals surface area contributed by atoms with Crippen molar-refractivity contribution in [3.8, 4) is 0 Å². The predicted octanol–water partition coefficient (Wildman–Crippen LogP) is 3.66. The first-order chi connectivity index (χ1) is 7.85. The van der Waals surface area contributed by atoms with E-state index in [2.05, 4.69) is 61.0 Å². The summed E-state index contributed by atoms with van der Waals surface area (Å²) >= 11 is 0. The Morgan fingerprint density at radius 2 is 1.69 bits per heavy atom. The number of hydrogen-bond acceptors (Lipinski definition) is 0. The van der Waals surface area contributed by atoms with Crippen LogP contribution < -0.4 is 0 Å². The van der Waals surface area contributed by atoms with Crippen molar-refractivity contribution in [2.24, 2.45) is 0 Å². The SMILES string of the molecule is CCc1ccn(Cc2ccccc2)c1CC. The van der Waals surface area contributed by atoms with Gasteiger partial charge in [0.1, 0.15) is 0 Å². The molecule has 1 heteroatoms. The Kier molecular flexibility index (Phi) is 3.45. The van der Waals surface area contributed by atoms with E-state index in [-0.39, 0.29) is 0 Å². The summed E-state index contributed by atoms with van der Waals surface area (Å²) in [6.45, 7) is 5.45. The maximum Gasteiger partial charge on any atom is 0.0472 e. The normalized spacial score (nSPS) is 10.6. The molecule has 0 atom stereocenters. The summed E-state index contributed by atoms with van der Waals surface area (Å²) < 4.78 is 2.37. The molecular formula is C15H19N. The lowest BCUT2D eigenvalue weighted by molar-refractivity contribution is 0.743. The fourth-order valence-corrected chi connectivity index (χ4v) is 2.23. The molecule has 1 nitrogen and oxygen atoms in total. The van der Waals surface area contributed by atoms with Crippen molar-refractivity contribution in [3.63, 3.8) is 0 Å². The Morgan fingerprint density at radius 1 is 0.938 bits per heavy atom. The molecule has 1 aromatic carbocycles. The van der Waals surface area contributed by atoms with E-state index >= 15 is 0 Å². The summed E-state index contributed by atoms with van der Waals surface area (Å²) in [5.41, 5.74) is 4.33. The maximum absolute atomic E-state index is 2.37. The van der Waals surface area contributed by atoms with Crippen LogP contribution >= 0.6 is 0 Å². The molecule has 0 spiro atoms. The lowest BCUT2D eigenvalue weighted by atomic mass is 10.1.